The van der Waals surface area contributed by atoms with Gasteiger partial charge in [-0.1, -0.05) is 6.07 Å². The Morgan fingerprint density at radius 1 is 1.22 bits per heavy atom. The average Bonchev–Trinajstić information content (AvgIpc) is 2.50. The van der Waals surface area contributed by atoms with Crippen molar-refractivity contribution >= 4 is 29.2 Å². The van der Waals surface area contributed by atoms with E-state index < -0.39 is 23.9 Å². The van der Waals surface area contributed by atoms with Gasteiger partial charge < -0.3 is 21.1 Å². The summed E-state index contributed by atoms with van der Waals surface area (Å²) < 4.78 is 13.5. The Hall–Kier alpha value is -3.16. The second-order valence-corrected chi connectivity index (χ2v) is 4.69. The Bertz CT molecular complexity index is 709. The van der Waals surface area contributed by atoms with Crippen LogP contribution in [0.1, 0.15) is 6.92 Å². The highest BCUT2D eigenvalue weighted by molar-refractivity contribution is 5.98. The molecule has 0 saturated carbocycles. The molecule has 1 heterocycles. The lowest BCUT2D eigenvalue weighted by Crippen LogP contribution is -2.40. The summed E-state index contributed by atoms with van der Waals surface area (Å²) in [5, 5.41) is 16.1. The Balaban J connectivity index is 2.18. The topological polar surface area (TPSA) is 103 Å². The van der Waals surface area contributed by atoms with Crippen molar-refractivity contribution in [1.82, 2.24) is 10.3 Å². The minimum Gasteiger partial charge on any atom is -0.465 e. The van der Waals surface area contributed by atoms with Crippen molar-refractivity contribution in [2.24, 2.45) is 0 Å². The van der Waals surface area contributed by atoms with Crippen molar-refractivity contribution < 1.29 is 19.1 Å². The summed E-state index contributed by atoms with van der Waals surface area (Å²) in [6.07, 6.45) is 0.261. The predicted molar refractivity (Wildman–Crippen MR) is 83.2 cm³/mol. The van der Waals surface area contributed by atoms with E-state index in [1.165, 1.54) is 25.1 Å². The minimum absolute atomic E-state index is 0.305. The predicted octanol–water partition coefficient (Wildman–Crippen LogP) is 2.56. The van der Waals surface area contributed by atoms with E-state index in [0.717, 1.165) is 0 Å². The smallest absolute Gasteiger partial charge is 0.405 e. The molecule has 8 heteroatoms. The fourth-order valence-corrected chi connectivity index (χ4v) is 1.80. The standard InChI is InChI=1S/C15H15FN4O3/c1-9(18-15(22)23)14(21)20-11-6-5-10(16)8-12(11)19-13-4-2-3-7-17-13/h2-9,18H,1H3,(H,17,19)(H,20,21)(H,22,23)/t9-/m0/s1. The van der Waals surface area contributed by atoms with Gasteiger partial charge in [0.2, 0.25) is 5.91 Å². The van der Waals surface area contributed by atoms with Crippen molar-refractivity contribution in [2.45, 2.75) is 13.0 Å². The van der Waals surface area contributed by atoms with E-state index in [2.05, 4.69) is 15.6 Å². The number of carbonyl (C=O) groups is 2. The molecule has 0 aliphatic heterocycles. The number of amides is 2. The maximum Gasteiger partial charge on any atom is 0.405 e. The molecule has 2 aromatic rings. The fourth-order valence-electron chi connectivity index (χ4n) is 1.80. The molecular weight excluding hydrogens is 303 g/mol. The van der Waals surface area contributed by atoms with E-state index in [4.69, 9.17) is 5.11 Å². The molecule has 0 aliphatic rings. The van der Waals surface area contributed by atoms with E-state index >= 15 is 0 Å². The minimum atomic E-state index is -1.31. The molecule has 2 rings (SSSR count). The highest BCUT2D eigenvalue weighted by Gasteiger charge is 2.16. The lowest BCUT2D eigenvalue weighted by molar-refractivity contribution is -0.117. The maximum atomic E-state index is 13.5. The van der Waals surface area contributed by atoms with Gasteiger partial charge in [0.15, 0.2) is 0 Å². The van der Waals surface area contributed by atoms with Crippen LogP contribution in [0.15, 0.2) is 42.6 Å². The fraction of sp³-hybridized carbons (Fsp3) is 0.133. The third-order valence-electron chi connectivity index (χ3n) is 2.90. The van der Waals surface area contributed by atoms with Gasteiger partial charge in [0.1, 0.15) is 17.7 Å². The molecule has 4 N–H and O–H groups in total. The van der Waals surface area contributed by atoms with Gasteiger partial charge in [-0.25, -0.2) is 14.2 Å². The molecule has 1 aromatic carbocycles. The Labute approximate surface area is 131 Å². The van der Waals surface area contributed by atoms with Gasteiger partial charge in [-0.3, -0.25) is 4.79 Å². The van der Waals surface area contributed by atoms with Crippen LogP contribution in [0.25, 0.3) is 0 Å². The lowest BCUT2D eigenvalue weighted by atomic mass is 10.2. The first-order valence-corrected chi connectivity index (χ1v) is 6.73. The number of rotatable bonds is 5. The molecule has 0 bridgehead atoms. The van der Waals surface area contributed by atoms with E-state index in [1.54, 1.807) is 24.4 Å². The van der Waals surface area contributed by atoms with Crippen LogP contribution in [0.3, 0.4) is 0 Å². The second kappa shape index (κ2) is 7.21. The molecule has 120 valence electrons. The summed E-state index contributed by atoms with van der Waals surface area (Å²) in [6.45, 7) is 1.40. The molecule has 0 saturated heterocycles. The highest BCUT2D eigenvalue weighted by Crippen LogP contribution is 2.25. The third-order valence-corrected chi connectivity index (χ3v) is 2.90. The van der Waals surface area contributed by atoms with Crippen LogP contribution < -0.4 is 16.0 Å². The molecule has 0 aliphatic carbocycles. The van der Waals surface area contributed by atoms with Gasteiger partial charge in [0.25, 0.3) is 0 Å². The molecule has 0 radical (unpaired) electrons. The summed E-state index contributed by atoms with van der Waals surface area (Å²) in [6, 6.07) is 8.00. The molecule has 7 nitrogen and oxygen atoms in total. The van der Waals surface area contributed by atoms with Gasteiger partial charge in [-0.2, -0.15) is 0 Å². The van der Waals surface area contributed by atoms with Gasteiger partial charge >= 0.3 is 6.09 Å². The van der Waals surface area contributed by atoms with Crippen LogP contribution in [0.4, 0.5) is 26.4 Å². The zero-order valence-corrected chi connectivity index (χ0v) is 12.2. The van der Waals surface area contributed by atoms with Crippen LogP contribution in [0.2, 0.25) is 0 Å². The summed E-state index contributed by atoms with van der Waals surface area (Å²) in [7, 11) is 0. The van der Waals surface area contributed by atoms with Crippen molar-refractivity contribution in [3.05, 3.63) is 48.4 Å². The summed E-state index contributed by atoms with van der Waals surface area (Å²) in [5.41, 5.74) is 0.612. The van der Waals surface area contributed by atoms with E-state index in [9.17, 15) is 14.0 Å². The van der Waals surface area contributed by atoms with Crippen LogP contribution >= 0.6 is 0 Å². The van der Waals surface area contributed by atoms with Gasteiger partial charge in [0, 0.05) is 6.20 Å². The lowest BCUT2D eigenvalue weighted by Gasteiger charge is -2.15. The molecule has 0 unspecified atom stereocenters. The number of hydrogen-bond donors (Lipinski definition) is 4. The molecule has 2 amide bonds. The number of carboxylic acid groups (broad SMARTS) is 1. The number of hydrogen-bond acceptors (Lipinski definition) is 4. The number of nitrogens with one attached hydrogen (secondary N) is 3. The van der Waals surface area contributed by atoms with Crippen molar-refractivity contribution in [2.75, 3.05) is 10.6 Å². The number of aromatic nitrogens is 1. The highest BCUT2D eigenvalue weighted by atomic mass is 19.1. The van der Waals surface area contributed by atoms with Crippen LogP contribution in [-0.4, -0.2) is 28.1 Å². The number of halogens is 1. The van der Waals surface area contributed by atoms with Crippen LogP contribution in [-0.2, 0) is 4.79 Å². The summed E-state index contributed by atoms with van der Waals surface area (Å²) >= 11 is 0. The quantitative estimate of drug-likeness (QED) is 0.678. The number of benzene rings is 1. The first-order valence-electron chi connectivity index (χ1n) is 6.73. The summed E-state index contributed by atoms with van der Waals surface area (Å²) in [5.74, 6) is -0.577. The molecule has 0 fully saturated rings. The first-order chi connectivity index (χ1) is 11.0. The SMILES string of the molecule is C[C@H](NC(=O)O)C(=O)Nc1ccc(F)cc1Nc1ccccn1. The van der Waals surface area contributed by atoms with Gasteiger partial charge in [-0.05, 0) is 37.3 Å². The monoisotopic (exact) mass is 318 g/mol. The molecule has 1 atom stereocenters. The zero-order chi connectivity index (χ0) is 16.8. The molecular formula is C15H15FN4O3. The van der Waals surface area contributed by atoms with Crippen molar-refractivity contribution in [3.63, 3.8) is 0 Å². The van der Waals surface area contributed by atoms with E-state index in [0.29, 0.717) is 17.2 Å². The second-order valence-electron chi connectivity index (χ2n) is 4.69. The summed E-state index contributed by atoms with van der Waals surface area (Å²) in [4.78, 5) is 26.6. The van der Waals surface area contributed by atoms with Gasteiger partial charge in [-0.15, -0.1) is 0 Å². The zero-order valence-electron chi connectivity index (χ0n) is 12.2. The Kier molecular flexibility index (Phi) is 5.08. The van der Waals surface area contributed by atoms with E-state index in [1.807, 2.05) is 5.32 Å². The maximum absolute atomic E-state index is 13.5. The van der Waals surface area contributed by atoms with E-state index in [-0.39, 0.29) is 0 Å². The first kappa shape index (κ1) is 16.2. The molecule has 1 aromatic heterocycles. The van der Waals surface area contributed by atoms with Crippen LogP contribution in [0, 0.1) is 5.82 Å². The number of pyridine rings is 1. The number of carbonyl (C=O) groups excluding carboxylic acids is 1. The van der Waals surface area contributed by atoms with Crippen molar-refractivity contribution in [1.29, 1.82) is 0 Å². The Morgan fingerprint density at radius 3 is 2.65 bits per heavy atom. The molecule has 23 heavy (non-hydrogen) atoms. The van der Waals surface area contributed by atoms with Crippen LogP contribution in [0.5, 0.6) is 0 Å². The number of nitrogens with zero attached hydrogens (tertiary/aromatic N) is 1. The average molecular weight is 318 g/mol. The number of anilines is 3. The normalized spacial score (nSPS) is 11.4. The largest absolute Gasteiger partial charge is 0.465 e. The van der Waals surface area contributed by atoms with Crippen molar-refractivity contribution in [3.8, 4) is 0 Å². The Morgan fingerprint density at radius 2 is 2.00 bits per heavy atom. The third kappa shape index (κ3) is 4.67. The van der Waals surface area contributed by atoms with Gasteiger partial charge in [0.05, 0.1) is 11.4 Å². The molecule has 0 spiro atoms.